The fourth-order valence-corrected chi connectivity index (χ4v) is 3.54. The number of benzene rings is 1. The van der Waals surface area contributed by atoms with Crippen LogP contribution in [-0.4, -0.2) is 33.3 Å². The van der Waals surface area contributed by atoms with Gasteiger partial charge in [-0.05, 0) is 43.7 Å². The minimum atomic E-state index is 0.409. The van der Waals surface area contributed by atoms with Gasteiger partial charge in [-0.3, -0.25) is 4.90 Å². The number of methoxy groups -OCH3 is 1. The second kappa shape index (κ2) is 6.72. The molecular weight excluding hydrogens is 316 g/mol. The van der Waals surface area contributed by atoms with Crippen molar-refractivity contribution in [3.63, 3.8) is 0 Å². The SMILES string of the molecule is COc1cccc(-c2noc(CN3CCC[C@@H]3c3cccn3C)n2)c1. The Hall–Kier alpha value is -2.60. The van der Waals surface area contributed by atoms with Gasteiger partial charge in [0, 0.05) is 24.5 Å². The Bertz CT molecular complexity index is 854. The lowest BCUT2D eigenvalue weighted by Gasteiger charge is -2.23. The third kappa shape index (κ3) is 3.17. The van der Waals surface area contributed by atoms with Gasteiger partial charge in [-0.25, -0.2) is 0 Å². The highest BCUT2D eigenvalue weighted by molar-refractivity contribution is 5.56. The van der Waals surface area contributed by atoms with Crippen molar-refractivity contribution < 1.29 is 9.26 Å². The molecule has 1 aliphatic heterocycles. The van der Waals surface area contributed by atoms with Crippen molar-refractivity contribution in [2.75, 3.05) is 13.7 Å². The highest BCUT2D eigenvalue weighted by atomic mass is 16.5. The molecule has 6 nitrogen and oxygen atoms in total. The zero-order valence-corrected chi connectivity index (χ0v) is 14.6. The summed E-state index contributed by atoms with van der Waals surface area (Å²) in [5, 5.41) is 4.14. The van der Waals surface area contributed by atoms with Gasteiger partial charge < -0.3 is 13.8 Å². The van der Waals surface area contributed by atoms with Crippen LogP contribution in [0, 0.1) is 0 Å². The minimum Gasteiger partial charge on any atom is -0.497 e. The van der Waals surface area contributed by atoms with E-state index in [-0.39, 0.29) is 0 Å². The summed E-state index contributed by atoms with van der Waals surface area (Å²) >= 11 is 0. The van der Waals surface area contributed by atoms with Crippen LogP contribution in [0.4, 0.5) is 0 Å². The Morgan fingerprint density at radius 3 is 3.00 bits per heavy atom. The topological polar surface area (TPSA) is 56.3 Å². The van der Waals surface area contributed by atoms with Crippen LogP contribution in [0.15, 0.2) is 47.1 Å². The molecule has 0 bridgehead atoms. The lowest BCUT2D eigenvalue weighted by molar-refractivity contribution is 0.207. The van der Waals surface area contributed by atoms with Crippen molar-refractivity contribution in [2.24, 2.45) is 7.05 Å². The number of rotatable bonds is 5. The van der Waals surface area contributed by atoms with Gasteiger partial charge in [-0.2, -0.15) is 4.98 Å². The number of hydrogen-bond donors (Lipinski definition) is 0. The van der Waals surface area contributed by atoms with E-state index >= 15 is 0 Å². The maximum atomic E-state index is 5.50. The molecule has 3 heterocycles. The molecule has 0 spiro atoms. The van der Waals surface area contributed by atoms with Gasteiger partial charge >= 0.3 is 0 Å². The summed E-state index contributed by atoms with van der Waals surface area (Å²) in [7, 11) is 3.75. The first kappa shape index (κ1) is 15.9. The summed E-state index contributed by atoms with van der Waals surface area (Å²) < 4.78 is 13.0. The van der Waals surface area contributed by atoms with Crippen molar-refractivity contribution >= 4 is 0 Å². The van der Waals surface area contributed by atoms with E-state index in [1.54, 1.807) is 7.11 Å². The molecule has 0 radical (unpaired) electrons. The highest BCUT2D eigenvalue weighted by Gasteiger charge is 2.29. The molecule has 0 unspecified atom stereocenters. The summed E-state index contributed by atoms with van der Waals surface area (Å²) in [4.78, 5) is 6.99. The molecule has 4 rings (SSSR count). The van der Waals surface area contributed by atoms with E-state index in [0.29, 0.717) is 24.3 Å². The summed E-state index contributed by atoms with van der Waals surface area (Å²) in [6.45, 7) is 1.72. The number of likely N-dealkylation sites (tertiary alicyclic amines) is 1. The van der Waals surface area contributed by atoms with E-state index in [2.05, 4.69) is 45.0 Å². The van der Waals surface area contributed by atoms with Crippen LogP contribution in [0.5, 0.6) is 5.75 Å². The van der Waals surface area contributed by atoms with Crippen LogP contribution in [0.3, 0.4) is 0 Å². The molecule has 0 N–H and O–H groups in total. The number of ether oxygens (including phenoxy) is 1. The molecule has 130 valence electrons. The Balaban J connectivity index is 1.52. The molecule has 0 amide bonds. The van der Waals surface area contributed by atoms with Crippen LogP contribution >= 0.6 is 0 Å². The number of nitrogens with zero attached hydrogens (tertiary/aromatic N) is 4. The summed E-state index contributed by atoms with van der Waals surface area (Å²) in [5.41, 5.74) is 2.24. The third-order valence-corrected chi connectivity index (χ3v) is 4.82. The molecule has 0 saturated carbocycles. The molecule has 3 aromatic rings. The molecule has 25 heavy (non-hydrogen) atoms. The van der Waals surface area contributed by atoms with Crippen LogP contribution in [0.2, 0.25) is 0 Å². The van der Waals surface area contributed by atoms with Crippen molar-refractivity contribution in [3.05, 3.63) is 54.2 Å². The monoisotopic (exact) mass is 338 g/mol. The smallest absolute Gasteiger partial charge is 0.241 e. The van der Waals surface area contributed by atoms with Crippen LogP contribution in [0.1, 0.15) is 30.5 Å². The molecule has 1 atom stereocenters. The molecular formula is C19H22N4O2. The fraction of sp³-hybridized carbons (Fsp3) is 0.368. The summed E-state index contributed by atoms with van der Waals surface area (Å²) in [5.74, 6) is 2.04. The number of hydrogen-bond acceptors (Lipinski definition) is 5. The van der Waals surface area contributed by atoms with Crippen LogP contribution in [-0.2, 0) is 13.6 Å². The Morgan fingerprint density at radius 2 is 2.20 bits per heavy atom. The normalized spacial score (nSPS) is 17.9. The van der Waals surface area contributed by atoms with Gasteiger partial charge in [-0.15, -0.1) is 0 Å². The maximum Gasteiger partial charge on any atom is 0.241 e. The molecule has 1 fully saturated rings. The minimum absolute atomic E-state index is 0.409. The lowest BCUT2D eigenvalue weighted by atomic mass is 10.1. The largest absolute Gasteiger partial charge is 0.497 e. The predicted molar refractivity (Wildman–Crippen MR) is 94.1 cm³/mol. The Kier molecular flexibility index (Phi) is 4.28. The first-order valence-electron chi connectivity index (χ1n) is 8.57. The van der Waals surface area contributed by atoms with Gasteiger partial charge in [-0.1, -0.05) is 17.3 Å². The molecule has 2 aromatic heterocycles. The predicted octanol–water partition coefficient (Wildman–Crippen LogP) is 3.42. The molecule has 1 aliphatic rings. The van der Waals surface area contributed by atoms with E-state index in [9.17, 15) is 0 Å². The fourth-order valence-electron chi connectivity index (χ4n) is 3.54. The summed E-state index contributed by atoms with van der Waals surface area (Å²) in [6, 6.07) is 12.4. The standard InChI is InChI=1S/C19H22N4O2/c1-22-10-4-8-16(22)17-9-5-11-23(17)13-18-20-19(21-25-18)14-6-3-7-15(12-14)24-2/h3-4,6-8,10,12,17H,5,9,11,13H2,1-2H3/t17-/m1/s1. The zero-order chi connectivity index (χ0) is 17.2. The molecule has 1 saturated heterocycles. The number of aryl methyl sites for hydroxylation is 1. The van der Waals surface area contributed by atoms with Gasteiger partial charge in [0.05, 0.1) is 19.7 Å². The maximum absolute atomic E-state index is 5.50. The average Bonchev–Trinajstić information content (AvgIpc) is 3.36. The number of aromatic nitrogens is 3. The Labute approximate surface area is 147 Å². The van der Waals surface area contributed by atoms with Crippen LogP contribution in [0.25, 0.3) is 11.4 Å². The van der Waals surface area contributed by atoms with E-state index in [0.717, 1.165) is 24.3 Å². The summed E-state index contributed by atoms with van der Waals surface area (Å²) in [6.07, 6.45) is 4.45. The zero-order valence-electron chi connectivity index (χ0n) is 14.6. The highest BCUT2D eigenvalue weighted by Crippen LogP contribution is 2.33. The van der Waals surface area contributed by atoms with E-state index in [1.165, 1.54) is 12.1 Å². The van der Waals surface area contributed by atoms with E-state index < -0.39 is 0 Å². The van der Waals surface area contributed by atoms with Crippen molar-refractivity contribution in [1.82, 2.24) is 19.6 Å². The van der Waals surface area contributed by atoms with Crippen LogP contribution < -0.4 is 4.74 Å². The third-order valence-electron chi connectivity index (χ3n) is 4.82. The Morgan fingerprint density at radius 1 is 1.28 bits per heavy atom. The van der Waals surface area contributed by atoms with Crippen molar-refractivity contribution in [1.29, 1.82) is 0 Å². The van der Waals surface area contributed by atoms with Gasteiger partial charge in [0.15, 0.2) is 0 Å². The first-order valence-corrected chi connectivity index (χ1v) is 8.57. The molecule has 1 aromatic carbocycles. The molecule has 0 aliphatic carbocycles. The van der Waals surface area contributed by atoms with Crippen molar-refractivity contribution in [3.8, 4) is 17.1 Å². The first-order chi connectivity index (χ1) is 12.2. The average molecular weight is 338 g/mol. The quantitative estimate of drug-likeness (QED) is 0.713. The molecule has 6 heteroatoms. The van der Waals surface area contributed by atoms with Crippen molar-refractivity contribution in [2.45, 2.75) is 25.4 Å². The van der Waals surface area contributed by atoms with Gasteiger partial charge in [0.1, 0.15) is 5.75 Å². The second-order valence-corrected chi connectivity index (χ2v) is 6.42. The second-order valence-electron chi connectivity index (χ2n) is 6.42. The van der Waals surface area contributed by atoms with Gasteiger partial charge in [0.2, 0.25) is 11.7 Å². The van der Waals surface area contributed by atoms with E-state index in [1.807, 2.05) is 24.3 Å². The van der Waals surface area contributed by atoms with Gasteiger partial charge in [0.25, 0.3) is 0 Å². The lowest BCUT2D eigenvalue weighted by Crippen LogP contribution is -2.24. The van der Waals surface area contributed by atoms with E-state index in [4.69, 9.17) is 9.26 Å².